The van der Waals surface area contributed by atoms with Crippen molar-refractivity contribution in [3.63, 3.8) is 0 Å². The van der Waals surface area contributed by atoms with Crippen molar-refractivity contribution >= 4 is 23.6 Å². The Morgan fingerprint density at radius 3 is 2.52 bits per heavy atom. The predicted molar refractivity (Wildman–Crippen MR) is 119 cm³/mol. The number of carbonyl (C=O) groups excluding carboxylic acids is 2. The van der Waals surface area contributed by atoms with Crippen LogP contribution in [0.5, 0.6) is 0 Å². The summed E-state index contributed by atoms with van der Waals surface area (Å²) in [5, 5.41) is 2.95. The summed E-state index contributed by atoms with van der Waals surface area (Å²) in [7, 11) is 0. The van der Waals surface area contributed by atoms with Crippen molar-refractivity contribution in [2.45, 2.75) is 49.7 Å². The van der Waals surface area contributed by atoms with Crippen LogP contribution in [0.3, 0.4) is 0 Å². The van der Waals surface area contributed by atoms with Gasteiger partial charge in [-0.3, -0.25) is 9.59 Å². The van der Waals surface area contributed by atoms with Gasteiger partial charge in [0.25, 0.3) is 0 Å². The zero-order chi connectivity index (χ0) is 22.1. The van der Waals surface area contributed by atoms with Crippen LogP contribution in [-0.2, 0) is 21.8 Å². The van der Waals surface area contributed by atoms with Gasteiger partial charge in [-0.1, -0.05) is 49.2 Å². The largest absolute Gasteiger partial charge is 0.355 e. The van der Waals surface area contributed by atoms with Gasteiger partial charge in [0.05, 0.1) is 11.8 Å². The second-order valence-electron chi connectivity index (χ2n) is 7.74. The molecule has 0 bridgehead atoms. The molecule has 7 heteroatoms. The summed E-state index contributed by atoms with van der Waals surface area (Å²) in [5.41, 5.74) is 2.01. The summed E-state index contributed by atoms with van der Waals surface area (Å²) in [4.78, 5) is 25.7. The third kappa shape index (κ3) is 7.35. The van der Waals surface area contributed by atoms with Crippen molar-refractivity contribution < 1.29 is 18.4 Å². The van der Waals surface area contributed by atoms with Crippen molar-refractivity contribution in [2.24, 2.45) is 0 Å². The lowest BCUT2D eigenvalue weighted by Crippen LogP contribution is -2.54. The number of amides is 2. The van der Waals surface area contributed by atoms with Gasteiger partial charge < -0.3 is 10.2 Å². The Kier molecular flexibility index (Phi) is 8.88. The molecule has 0 spiro atoms. The van der Waals surface area contributed by atoms with Gasteiger partial charge in [-0.2, -0.15) is 0 Å². The molecule has 31 heavy (non-hydrogen) atoms. The average molecular weight is 447 g/mol. The van der Waals surface area contributed by atoms with Crippen LogP contribution in [0.15, 0.2) is 48.5 Å². The van der Waals surface area contributed by atoms with Crippen molar-refractivity contribution in [3.05, 3.63) is 71.3 Å². The molecule has 2 aromatic rings. The Bertz CT molecular complexity index is 879. The summed E-state index contributed by atoms with van der Waals surface area (Å²) in [6, 6.07) is 14.1. The number of benzene rings is 2. The fourth-order valence-electron chi connectivity index (χ4n) is 3.47. The fraction of sp³-hybridized carbons (Fsp3) is 0.417. The Balaban J connectivity index is 1.25. The number of hydrogen-bond acceptors (Lipinski definition) is 3. The first kappa shape index (κ1) is 23.3. The van der Waals surface area contributed by atoms with Gasteiger partial charge in [0.1, 0.15) is 6.54 Å². The third-order valence-corrected chi connectivity index (χ3v) is 6.62. The quantitative estimate of drug-likeness (QED) is 0.381. The smallest absolute Gasteiger partial charge is 0.239 e. The highest BCUT2D eigenvalue weighted by atomic mass is 32.2. The monoisotopic (exact) mass is 446 g/mol. The van der Waals surface area contributed by atoms with Gasteiger partial charge >= 0.3 is 0 Å². The number of aryl methyl sites for hydroxylation is 1. The number of carbonyl (C=O) groups is 2. The molecule has 2 aromatic carbocycles. The van der Waals surface area contributed by atoms with E-state index < -0.39 is 11.6 Å². The lowest BCUT2D eigenvalue weighted by Gasteiger charge is -2.39. The molecule has 1 unspecified atom stereocenters. The van der Waals surface area contributed by atoms with E-state index >= 15 is 0 Å². The molecule has 3 rings (SSSR count). The van der Waals surface area contributed by atoms with Gasteiger partial charge in [-0.25, -0.2) is 8.78 Å². The van der Waals surface area contributed by atoms with Crippen LogP contribution in [0.25, 0.3) is 0 Å². The lowest BCUT2D eigenvalue weighted by atomic mass is 10.1. The molecule has 0 saturated carbocycles. The molecule has 1 fully saturated rings. The summed E-state index contributed by atoms with van der Waals surface area (Å²) in [6.45, 7) is 0.690. The topological polar surface area (TPSA) is 49.4 Å². The molecule has 4 nitrogen and oxygen atoms in total. The van der Waals surface area contributed by atoms with E-state index in [-0.39, 0.29) is 23.7 Å². The maximum atomic E-state index is 13.2. The van der Waals surface area contributed by atoms with Crippen LogP contribution in [0.1, 0.15) is 43.2 Å². The molecule has 0 radical (unpaired) electrons. The molecule has 1 aliphatic rings. The number of thioether (sulfide) groups is 1. The van der Waals surface area contributed by atoms with Crippen molar-refractivity contribution in [1.82, 2.24) is 10.2 Å². The van der Waals surface area contributed by atoms with E-state index in [0.717, 1.165) is 43.1 Å². The molecular formula is C24H28F2N2O2S. The third-order valence-electron chi connectivity index (χ3n) is 5.31. The zero-order valence-corrected chi connectivity index (χ0v) is 18.3. The first-order valence-corrected chi connectivity index (χ1v) is 11.7. The van der Waals surface area contributed by atoms with Crippen molar-refractivity contribution in [2.75, 3.05) is 13.1 Å². The minimum Gasteiger partial charge on any atom is -0.355 e. The fourth-order valence-corrected chi connectivity index (χ4v) is 4.68. The molecule has 2 amide bonds. The van der Waals surface area contributed by atoms with Crippen molar-refractivity contribution in [1.29, 1.82) is 0 Å². The Hall–Kier alpha value is -2.41. The van der Waals surface area contributed by atoms with E-state index in [2.05, 4.69) is 17.4 Å². The molecule has 1 heterocycles. The molecule has 0 aromatic heterocycles. The highest BCUT2D eigenvalue weighted by Crippen LogP contribution is 2.31. The van der Waals surface area contributed by atoms with Gasteiger partial charge in [0.15, 0.2) is 11.6 Å². The van der Waals surface area contributed by atoms with Crippen LogP contribution in [0, 0.1) is 11.6 Å². The van der Waals surface area contributed by atoms with Crippen LogP contribution < -0.4 is 5.32 Å². The van der Waals surface area contributed by atoms with E-state index in [1.54, 1.807) is 22.7 Å². The number of rotatable bonds is 12. The summed E-state index contributed by atoms with van der Waals surface area (Å²) >= 11 is 1.69. The number of β-lactam (4-membered cyclic amide) rings is 1. The van der Waals surface area contributed by atoms with E-state index in [4.69, 9.17) is 0 Å². The minimum atomic E-state index is -0.819. The van der Waals surface area contributed by atoms with E-state index in [1.807, 2.05) is 18.2 Å². The molecule has 1 N–H and O–H groups in total. The van der Waals surface area contributed by atoms with Gasteiger partial charge in [0.2, 0.25) is 11.8 Å². The molecule has 1 atom stereocenters. The van der Waals surface area contributed by atoms with Crippen LogP contribution in [0.4, 0.5) is 8.78 Å². The highest BCUT2D eigenvalue weighted by Gasteiger charge is 2.37. The summed E-state index contributed by atoms with van der Waals surface area (Å²) < 4.78 is 26.1. The Morgan fingerprint density at radius 2 is 1.77 bits per heavy atom. The standard InChI is InChI=1S/C24H28F2N2O2S/c25-20-12-11-18(14-21(20)26)8-4-1-2-7-13-27-22(29)16-28-23(30)15-24(28)31-17-19-9-5-3-6-10-19/h3,5-6,9-12,14,24H,1-2,4,7-8,13,15-17H2,(H,27,29). The highest BCUT2D eigenvalue weighted by molar-refractivity contribution is 7.99. The van der Waals surface area contributed by atoms with Crippen LogP contribution in [0.2, 0.25) is 0 Å². The zero-order valence-electron chi connectivity index (χ0n) is 17.5. The summed E-state index contributed by atoms with van der Waals surface area (Å²) in [5.74, 6) is -0.901. The first-order valence-electron chi connectivity index (χ1n) is 10.7. The molecule has 1 saturated heterocycles. The average Bonchev–Trinajstić information content (AvgIpc) is 2.77. The Morgan fingerprint density at radius 1 is 1.00 bits per heavy atom. The number of likely N-dealkylation sites (tertiary alicyclic amines) is 1. The SMILES string of the molecule is O=C(CN1C(=O)CC1SCc1ccccc1)NCCCCCCc1ccc(F)c(F)c1. The second-order valence-corrected chi connectivity index (χ2v) is 8.91. The van der Waals surface area contributed by atoms with E-state index in [9.17, 15) is 18.4 Å². The molecule has 0 aliphatic carbocycles. The molecular weight excluding hydrogens is 418 g/mol. The lowest BCUT2D eigenvalue weighted by molar-refractivity contribution is -0.145. The van der Waals surface area contributed by atoms with Gasteiger partial charge in [-0.15, -0.1) is 11.8 Å². The first-order chi connectivity index (χ1) is 15.0. The number of unbranched alkanes of at least 4 members (excludes halogenated alkanes) is 3. The number of nitrogens with one attached hydrogen (secondary N) is 1. The van der Waals surface area contributed by atoms with Crippen LogP contribution in [-0.4, -0.2) is 35.2 Å². The normalized spacial score (nSPS) is 15.6. The van der Waals surface area contributed by atoms with E-state index in [0.29, 0.717) is 19.4 Å². The molecule has 166 valence electrons. The van der Waals surface area contributed by atoms with E-state index in [1.165, 1.54) is 11.6 Å². The number of halogens is 2. The number of hydrogen-bond donors (Lipinski definition) is 1. The maximum Gasteiger partial charge on any atom is 0.239 e. The Labute approximate surface area is 186 Å². The minimum absolute atomic E-state index is 0.0259. The van der Waals surface area contributed by atoms with Gasteiger partial charge in [-0.05, 0) is 42.5 Å². The van der Waals surface area contributed by atoms with Crippen molar-refractivity contribution in [3.8, 4) is 0 Å². The summed E-state index contributed by atoms with van der Waals surface area (Å²) in [6.07, 6.45) is 4.84. The predicted octanol–water partition coefficient (Wildman–Crippen LogP) is 4.68. The number of nitrogens with zero attached hydrogens (tertiary/aromatic N) is 1. The van der Waals surface area contributed by atoms with Gasteiger partial charge in [0, 0.05) is 12.3 Å². The molecule has 1 aliphatic heterocycles. The maximum absolute atomic E-state index is 13.2. The van der Waals surface area contributed by atoms with Crippen LogP contribution >= 0.6 is 11.8 Å². The second kappa shape index (κ2) is 11.8.